The zero-order chi connectivity index (χ0) is 18.4. The molecule has 0 radical (unpaired) electrons. The minimum atomic E-state index is -0.683. The van der Waals surface area contributed by atoms with E-state index >= 15 is 0 Å². The highest BCUT2D eigenvalue weighted by Crippen LogP contribution is 2.25. The summed E-state index contributed by atoms with van der Waals surface area (Å²) in [6, 6.07) is 10.3. The van der Waals surface area contributed by atoms with Gasteiger partial charge in [0.05, 0.1) is 6.07 Å². The summed E-state index contributed by atoms with van der Waals surface area (Å²) < 4.78 is 0. The molecule has 3 amide bonds. The Kier molecular flexibility index (Phi) is 6.02. The second kappa shape index (κ2) is 8.02. The minimum Gasteiger partial charge on any atom is -0.334 e. The molecule has 0 saturated carbocycles. The van der Waals surface area contributed by atoms with E-state index in [0.717, 1.165) is 12.0 Å². The Hall–Kier alpha value is -2.55. The SMILES string of the molecule is CC(C)(C)[C@H](NC(=O)NCc1ccccc1)C(=O)N1CCC[C@H]1C#N. The first-order valence-electron chi connectivity index (χ1n) is 8.61. The monoisotopic (exact) mass is 342 g/mol. The molecule has 2 rings (SSSR count). The van der Waals surface area contributed by atoms with Crippen molar-refractivity contribution >= 4 is 11.9 Å². The van der Waals surface area contributed by atoms with E-state index in [4.69, 9.17) is 0 Å². The van der Waals surface area contributed by atoms with Crippen LogP contribution in [-0.2, 0) is 11.3 Å². The van der Waals surface area contributed by atoms with Crippen LogP contribution < -0.4 is 10.6 Å². The van der Waals surface area contributed by atoms with Gasteiger partial charge in [-0.1, -0.05) is 51.1 Å². The average Bonchev–Trinajstić information content (AvgIpc) is 3.06. The molecule has 2 atom stereocenters. The van der Waals surface area contributed by atoms with E-state index in [9.17, 15) is 14.9 Å². The number of benzene rings is 1. The number of nitrogens with one attached hydrogen (secondary N) is 2. The van der Waals surface area contributed by atoms with E-state index < -0.39 is 17.5 Å². The first-order valence-corrected chi connectivity index (χ1v) is 8.61. The van der Waals surface area contributed by atoms with Crippen molar-refractivity contribution < 1.29 is 9.59 Å². The summed E-state index contributed by atoms with van der Waals surface area (Å²) in [7, 11) is 0. The first-order chi connectivity index (χ1) is 11.8. The number of carbonyl (C=O) groups excluding carboxylic acids is 2. The van der Waals surface area contributed by atoms with Gasteiger partial charge in [-0.25, -0.2) is 4.79 Å². The molecule has 0 unspecified atom stereocenters. The molecule has 6 heteroatoms. The summed E-state index contributed by atoms with van der Waals surface area (Å²) in [6.45, 7) is 6.68. The fraction of sp³-hybridized carbons (Fsp3) is 0.526. The lowest BCUT2D eigenvalue weighted by Crippen LogP contribution is -2.57. The van der Waals surface area contributed by atoms with E-state index in [2.05, 4.69) is 16.7 Å². The molecule has 1 aromatic carbocycles. The van der Waals surface area contributed by atoms with E-state index in [1.807, 2.05) is 51.1 Å². The predicted octanol–water partition coefficient (Wildman–Crippen LogP) is 2.42. The van der Waals surface area contributed by atoms with Crippen molar-refractivity contribution in [1.29, 1.82) is 5.26 Å². The highest BCUT2D eigenvalue weighted by molar-refractivity contribution is 5.88. The standard InChI is InChI=1S/C19H26N4O2/c1-19(2,3)16(17(24)23-11-7-10-15(23)12-20)22-18(25)21-13-14-8-5-4-6-9-14/h4-6,8-9,15-16H,7,10-11,13H2,1-3H3,(H2,21,22,25)/t15-,16+/m0/s1. The molecular weight excluding hydrogens is 316 g/mol. The van der Waals surface area contributed by atoms with E-state index in [1.54, 1.807) is 4.90 Å². The molecule has 0 aliphatic carbocycles. The minimum absolute atomic E-state index is 0.189. The van der Waals surface area contributed by atoms with E-state index in [-0.39, 0.29) is 11.9 Å². The quantitative estimate of drug-likeness (QED) is 0.881. The van der Waals surface area contributed by atoms with Crippen LogP contribution in [0.1, 0.15) is 39.2 Å². The maximum atomic E-state index is 12.9. The Labute approximate surface area is 149 Å². The molecule has 25 heavy (non-hydrogen) atoms. The summed E-state index contributed by atoms with van der Waals surface area (Å²) >= 11 is 0. The highest BCUT2D eigenvalue weighted by Gasteiger charge is 2.39. The van der Waals surface area contributed by atoms with Crippen LogP contribution in [0.2, 0.25) is 0 Å². The first kappa shape index (κ1) is 18.8. The van der Waals surface area contributed by atoms with Crippen LogP contribution in [0, 0.1) is 16.7 Å². The third kappa shape index (κ3) is 4.96. The van der Waals surface area contributed by atoms with Gasteiger partial charge in [-0.05, 0) is 23.8 Å². The van der Waals surface area contributed by atoms with Gasteiger partial charge in [-0.2, -0.15) is 5.26 Å². The second-order valence-corrected chi connectivity index (χ2v) is 7.43. The Morgan fingerprint density at radius 1 is 1.32 bits per heavy atom. The van der Waals surface area contributed by atoms with Crippen molar-refractivity contribution in [2.45, 2.75) is 52.2 Å². The lowest BCUT2D eigenvalue weighted by atomic mass is 9.85. The maximum absolute atomic E-state index is 12.9. The maximum Gasteiger partial charge on any atom is 0.315 e. The smallest absolute Gasteiger partial charge is 0.315 e. The zero-order valence-electron chi connectivity index (χ0n) is 15.1. The Balaban J connectivity index is 2.01. The summed E-state index contributed by atoms with van der Waals surface area (Å²) in [5.74, 6) is -0.189. The molecule has 1 saturated heterocycles. The van der Waals surface area contributed by atoms with Crippen LogP contribution in [0.4, 0.5) is 4.79 Å². The molecule has 0 spiro atoms. The van der Waals surface area contributed by atoms with Crippen LogP contribution in [0.3, 0.4) is 0 Å². The summed E-state index contributed by atoms with van der Waals surface area (Å²) in [5, 5.41) is 14.8. The van der Waals surface area contributed by atoms with E-state index in [1.165, 1.54) is 0 Å². The van der Waals surface area contributed by atoms with Gasteiger partial charge < -0.3 is 15.5 Å². The highest BCUT2D eigenvalue weighted by atomic mass is 16.2. The van der Waals surface area contributed by atoms with Gasteiger partial charge in [0, 0.05) is 13.1 Å². The fourth-order valence-corrected chi connectivity index (χ4v) is 2.94. The van der Waals surface area contributed by atoms with Crippen molar-refractivity contribution in [3.05, 3.63) is 35.9 Å². The van der Waals surface area contributed by atoms with E-state index in [0.29, 0.717) is 19.5 Å². The number of amides is 3. The number of hydrogen-bond donors (Lipinski definition) is 2. The van der Waals surface area contributed by atoms with Crippen molar-refractivity contribution in [3.8, 4) is 6.07 Å². The van der Waals surface area contributed by atoms with Gasteiger partial charge in [0.15, 0.2) is 0 Å². The van der Waals surface area contributed by atoms with Crippen molar-refractivity contribution in [1.82, 2.24) is 15.5 Å². The second-order valence-electron chi connectivity index (χ2n) is 7.43. The number of carbonyl (C=O) groups is 2. The number of nitrogens with zero attached hydrogens (tertiary/aromatic N) is 2. The van der Waals surface area contributed by atoms with Gasteiger partial charge in [-0.15, -0.1) is 0 Å². The van der Waals surface area contributed by atoms with Crippen LogP contribution in [0.25, 0.3) is 0 Å². The normalized spacial score (nSPS) is 18.3. The molecule has 6 nitrogen and oxygen atoms in total. The van der Waals surface area contributed by atoms with Crippen molar-refractivity contribution in [3.63, 3.8) is 0 Å². The Morgan fingerprint density at radius 3 is 2.60 bits per heavy atom. The van der Waals surface area contributed by atoms with Gasteiger partial charge in [0.2, 0.25) is 5.91 Å². The Bertz CT molecular complexity index is 646. The third-order valence-electron chi connectivity index (χ3n) is 4.37. The van der Waals surface area contributed by atoms with Gasteiger partial charge in [0.1, 0.15) is 12.1 Å². The Morgan fingerprint density at radius 2 is 2.00 bits per heavy atom. The zero-order valence-corrected chi connectivity index (χ0v) is 15.1. The van der Waals surface area contributed by atoms with Crippen molar-refractivity contribution in [2.75, 3.05) is 6.54 Å². The van der Waals surface area contributed by atoms with Crippen LogP contribution >= 0.6 is 0 Å². The lowest BCUT2D eigenvalue weighted by molar-refractivity contribution is -0.135. The summed E-state index contributed by atoms with van der Waals surface area (Å²) in [4.78, 5) is 26.8. The van der Waals surface area contributed by atoms with Gasteiger partial charge in [0.25, 0.3) is 0 Å². The molecule has 1 aliphatic heterocycles. The third-order valence-corrected chi connectivity index (χ3v) is 4.37. The van der Waals surface area contributed by atoms with Crippen LogP contribution in [0.5, 0.6) is 0 Å². The fourth-order valence-electron chi connectivity index (χ4n) is 2.94. The molecule has 1 heterocycles. The van der Waals surface area contributed by atoms with Gasteiger partial charge in [-0.3, -0.25) is 4.79 Å². The molecule has 0 bridgehead atoms. The van der Waals surface area contributed by atoms with Crippen LogP contribution in [-0.4, -0.2) is 35.5 Å². The average molecular weight is 342 g/mol. The number of urea groups is 1. The lowest BCUT2D eigenvalue weighted by Gasteiger charge is -2.34. The number of rotatable bonds is 4. The number of hydrogen-bond acceptors (Lipinski definition) is 3. The number of nitriles is 1. The predicted molar refractivity (Wildman–Crippen MR) is 95.4 cm³/mol. The molecule has 1 fully saturated rings. The molecule has 2 N–H and O–H groups in total. The summed E-state index contributed by atoms with van der Waals surface area (Å²) in [6.07, 6.45) is 1.51. The molecule has 1 aromatic rings. The van der Waals surface area contributed by atoms with Crippen LogP contribution in [0.15, 0.2) is 30.3 Å². The topological polar surface area (TPSA) is 85.2 Å². The van der Waals surface area contributed by atoms with Gasteiger partial charge >= 0.3 is 6.03 Å². The largest absolute Gasteiger partial charge is 0.334 e. The molecular formula is C19H26N4O2. The molecule has 0 aromatic heterocycles. The number of likely N-dealkylation sites (tertiary alicyclic amines) is 1. The molecule has 1 aliphatic rings. The molecule has 134 valence electrons. The van der Waals surface area contributed by atoms with Crippen molar-refractivity contribution in [2.24, 2.45) is 5.41 Å². The summed E-state index contributed by atoms with van der Waals surface area (Å²) in [5.41, 5.74) is 0.532.